The second-order valence-corrected chi connectivity index (χ2v) is 3.97. The molecule has 0 amide bonds. The number of rotatable bonds is 5. The first-order valence-corrected chi connectivity index (χ1v) is 5.70. The molecular weight excluding hydrogens is 267 g/mol. The number of nitrogens with zero attached hydrogens (tertiary/aromatic N) is 1. The average Bonchev–Trinajstić information content (AvgIpc) is 2.95. The van der Waals surface area contributed by atoms with Gasteiger partial charge in [-0.15, -0.1) is 0 Å². The van der Waals surface area contributed by atoms with Crippen LogP contribution in [0.3, 0.4) is 0 Å². The summed E-state index contributed by atoms with van der Waals surface area (Å²) in [6, 6.07) is 4.42. The van der Waals surface area contributed by atoms with Crippen LogP contribution in [-0.4, -0.2) is 35.5 Å². The van der Waals surface area contributed by atoms with E-state index in [1.54, 1.807) is 6.07 Å². The van der Waals surface area contributed by atoms with E-state index in [2.05, 4.69) is 10.2 Å². The second kappa shape index (κ2) is 5.60. The van der Waals surface area contributed by atoms with E-state index in [4.69, 9.17) is 14.6 Å². The van der Waals surface area contributed by atoms with Crippen LogP contribution in [0.5, 0.6) is 11.5 Å². The van der Waals surface area contributed by atoms with E-state index < -0.39 is 12.6 Å². The van der Waals surface area contributed by atoms with Crippen molar-refractivity contribution < 1.29 is 23.8 Å². The molecule has 0 radical (unpaired) electrons. The van der Waals surface area contributed by atoms with Crippen molar-refractivity contribution >= 4 is 5.97 Å². The van der Waals surface area contributed by atoms with Crippen LogP contribution in [0.15, 0.2) is 18.2 Å². The zero-order chi connectivity index (χ0) is 14.7. The van der Waals surface area contributed by atoms with E-state index in [-0.39, 0.29) is 5.69 Å². The number of hydrogen-bond acceptors (Lipinski definition) is 4. The summed E-state index contributed by atoms with van der Waals surface area (Å²) in [6.07, 6.45) is 0. The predicted octanol–water partition coefficient (Wildman–Crippen LogP) is 2.26. The maximum atomic E-state index is 13.0. The van der Waals surface area contributed by atoms with Crippen LogP contribution >= 0.6 is 0 Å². The molecule has 0 saturated carbocycles. The van der Waals surface area contributed by atoms with Gasteiger partial charge in [-0.25, -0.2) is 9.18 Å². The van der Waals surface area contributed by atoms with Gasteiger partial charge in [-0.3, -0.25) is 5.10 Å². The van der Waals surface area contributed by atoms with Crippen LogP contribution in [0, 0.1) is 0 Å². The Morgan fingerprint density at radius 2 is 2.00 bits per heavy atom. The lowest BCUT2D eigenvalue weighted by Gasteiger charge is -2.12. The third-order valence-electron chi connectivity index (χ3n) is 2.83. The number of methoxy groups -OCH3 is 2. The molecule has 2 aromatic rings. The van der Waals surface area contributed by atoms with E-state index in [0.717, 1.165) is 0 Å². The molecule has 2 N–H and O–H groups in total. The van der Waals surface area contributed by atoms with Crippen molar-refractivity contribution in [2.45, 2.75) is 6.67 Å². The monoisotopic (exact) mass is 280 g/mol. The molecular formula is C13H13FN2O4. The van der Waals surface area contributed by atoms with Crippen LogP contribution in [0.2, 0.25) is 0 Å². The van der Waals surface area contributed by atoms with Gasteiger partial charge in [0.2, 0.25) is 0 Å². The number of ether oxygens (including phenoxy) is 2. The van der Waals surface area contributed by atoms with Gasteiger partial charge in [0.05, 0.1) is 19.9 Å². The molecule has 0 fully saturated rings. The van der Waals surface area contributed by atoms with E-state index in [0.29, 0.717) is 28.3 Å². The summed E-state index contributed by atoms with van der Waals surface area (Å²) in [5.41, 5.74) is 1.13. The van der Waals surface area contributed by atoms with Gasteiger partial charge < -0.3 is 14.6 Å². The van der Waals surface area contributed by atoms with Gasteiger partial charge in [0.15, 0.2) is 0 Å². The molecule has 1 aromatic heterocycles. The van der Waals surface area contributed by atoms with Crippen molar-refractivity contribution in [2.24, 2.45) is 0 Å². The minimum absolute atomic E-state index is 0.0559. The minimum Gasteiger partial charge on any atom is -0.496 e. The second-order valence-electron chi connectivity index (χ2n) is 3.97. The van der Waals surface area contributed by atoms with Gasteiger partial charge in [-0.05, 0) is 12.1 Å². The molecule has 1 heterocycles. The quantitative estimate of drug-likeness (QED) is 0.877. The van der Waals surface area contributed by atoms with E-state index in [9.17, 15) is 9.18 Å². The van der Waals surface area contributed by atoms with Crippen molar-refractivity contribution in [1.29, 1.82) is 0 Å². The maximum Gasteiger partial charge on any atom is 0.353 e. The maximum absolute atomic E-state index is 13.0. The fourth-order valence-corrected chi connectivity index (χ4v) is 1.84. The number of carbonyl (C=O) groups is 1. The Kier molecular flexibility index (Phi) is 3.88. The number of alkyl halides is 1. The molecule has 6 nitrogen and oxygen atoms in total. The summed E-state index contributed by atoms with van der Waals surface area (Å²) in [5.74, 6) is -0.341. The third kappa shape index (κ3) is 2.42. The van der Waals surface area contributed by atoms with Gasteiger partial charge in [0, 0.05) is 17.2 Å². The standard InChI is InChI=1S/C13H13FN2O4/c1-19-11-5-12(20-2)8(3-7(11)6-14)9-4-10(13(17)18)16-15-9/h3-5H,6H2,1-2H3,(H,15,16)(H,17,18). The van der Waals surface area contributed by atoms with Gasteiger partial charge in [0.1, 0.15) is 23.9 Å². The van der Waals surface area contributed by atoms with Crippen LogP contribution in [0.4, 0.5) is 4.39 Å². The highest BCUT2D eigenvalue weighted by Crippen LogP contribution is 2.35. The lowest BCUT2D eigenvalue weighted by molar-refractivity contribution is 0.0690. The number of aromatic carboxylic acids is 1. The van der Waals surface area contributed by atoms with Crippen LogP contribution in [0.25, 0.3) is 11.3 Å². The third-order valence-corrected chi connectivity index (χ3v) is 2.83. The molecule has 0 saturated heterocycles. The number of aromatic nitrogens is 2. The van der Waals surface area contributed by atoms with Crippen molar-refractivity contribution in [2.75, 3.05) is 14.2 Å². The van der Waals surface area contributed by atoms with E-state index >= 15 is 0 Å². The summed E-state index contributed by atoms with van der Waals surface area (Å²) in [5, 5.41) is 15.2. The Bertz CT molecular complexity index is 639. The molecule has 2 rings (SSSR count). The molecule has 0 bridgehead atoms. The van der Waals surface area contributed by atoms with Gasteiger partial charge in [0.25, 0.3) is 0 Å². The molecule has 106 valence electrons. The molecule has 0 aliphatic carbocycles. The number of benzene rings is 1. The average molecular weight is 280 g/mol. The first kappa shape index (κ1) is 13.9. The minimum atomic E-state index is -1.12. The highest BCUT2D eigenvalue weighted by atomic mass is 19.1. The number of halogens is 1. The van der Waals surface area contributed by atoms with Crippen molar-refractivity contribution in [1.82, 2.24) is 10.2 Å². The fourth-order valence-electron chi connectivity index (χ4n) is 1.84. The van der Waals surface area contributed by atoms with Crippen LogP contribution in [-0.2, 0) is 6.67 Å². The Labute approximate surface area is 114 Å². The molecule has 0 aliphatic rings. The van der Waals surface area contributed by atoms with Gasteiger partial charge in [-0.1, -0.05) is 0 Å². The van der Waals surface area contributed by atoms with Crippen LogP contribution in [0.1, 0.15) is 16.1 Å². The number of nitrogens with one attached hydrogen (secondary N) is 1. The largest absolute Gasteiger partial charge is 0.496 e. The van der Waals surface area contributed by atoms with E-state index in [1.807, 2.05) is 0 Å². The number of aromatic amines is 1. The number of H-pyrrole nitrogens is 1. The highest BCUT2D eigenvalue weighted by molar-refractivity contribution is 5.87. The van der Waals surface area contributed by atoms with Gasteiger partial charge >= 0.3 is 5.97 Å². The summed E-state index contributed by atoms with van der Waals surface area (Å²) in [6.45, 7) is -0.712. The molecule has 7 heteroatoms. The Hall–Kier alpha value is -2.57. The SMILES string of the molecule is COc1cc(OC)c(-c2cc(C(=O)O)[nH]n2)cc1CF. The number of carboxylic acids is 1. The van der Waals surface area contributed by atoms with E-state index in [1.165, 1.54) is 26.4 Å². The first-order chi connectivity index (χ1) is 9.60. The Balaban J connectivity index is 2.56. The summed E-state index contributed by atoms with van der Waals surface area (Å²) < 4.78 is 23.3. The smallest absolute Gasteiger partial charge is 0.353 e. The zero-order valence-corrected chi connectivity index (χ0v) is 10.9. The van der Waals surface area contributed by atoms with Crippen molar-refractivity contribution in [3.05, 3.63) is 29.5 Å². The molecule has 0 aliphatic heterocycles. The molecule has 0 unspecified atom stereocenters. The van der Waals surface area contributed by atoms with Gasteiger partial charge in [-0.2, -0.15) is 5.10 Å². The topological polar surface area (TPSA) is 84.4 Å². The Morgan fingerprint density at radius 3 is 2.50 bits per heavy atom. The normalized spacial score (nSPS) is 10.3. The molecule has 20 heavy (non-hydrogen) atoms. The fraction of sp³-hybridized carbons (Fsp3) is 0.231. The first-order valence-electron chi connectivity index (χ1n) is 5.70. The van der Waals surface area contributed by atoms with Crippen molar-refractivity contribution in [3.8, 4) is 22.8 Å². The van der Waals surface area contributed by atoms with Crippen LogP contribution < -0.4 is 9.47 Å². The molecule has 0 spiro atoms. The van der Waals surface area contributed by atoms with Crippen molar-refractivity contribution in [3.63, 3.8) is 0 Å². The summed E-state index contributed by atoms with van der Waals surface area (Å²) in [7, 11) is 2.89. The predicted molar refractivity (Wildman–Crippen MR) is 68.9 cm³/mol. The summed E-state index contributed by atoms with van der Waals surface area (Å²) >= 11 is 0. The molecule has 1 aromatic carbocycles. The lowest BCUT2D eigenvalue weighted by Crippen LogP contribution is -1.95. The highest BCUT2D eigenvalue weighted by Gasteiger charge is 2.16. The zero-order valence-electron chi connectivity index (χ0n) is 10.9. The molecule has 0 atom stereocenters. The number of hydrogen-bond donors (Lipinski definition) is 2. The Morgan fingerprint density at radius 1 is 1.30 bits per heavy atom. The lowest BCUT2D eigenvalue weighted by atomic mass is 10.1. The number of carboxylic acid groups (broad SMARTS) is 1. The summed E-state index contributed by atoms with van der Waals surface area (Å²) in [4.78, 5) is 10.8.